The number of allylic oxidation sites excluding steroid dienone is 4. The number of hydrogen-bond donors (Lipinski definition) is 2. The lowest BCUT2D eigenvalue weighted by molar-refractivity contribution is -0.870. The minimum absolute atomic E-state index is 0.0756. The van der Waals surface area contributed by atoms with Crippen molar-refractivity contribution in [3.63, 3.8) is 0 Å². The van der Waals surface area contributed by atoms with Crippen molar-refractivity contribution in [3.8, 4) is 0 Å². The summed E-state index contributed by atoms with van der Waals surface area (Å²) in [5.41, 5.74) is 9.22. The number of nitrogens with zero attached hydrogens (tertiary/aromatic N) is 1. The molecule has 0 fully saturated rings. The second-order valence-electron chi connectivity index (χ2n) is 8.01. The quantitative estimate of drug-likeness (QED) is 0.456. The van der Waals surface area contributed by atoms with Gasteiger partial charge in [0, 0.05) is 37.2 Å². The molecule has 0 saturated heterocycles. The highest BCUT2D eigenvalue weighted by atomic mass is 16.1. The average molecular weight is 371 g/mol. The van der Waals surface area contributed by atoms with E-state index in [4.69, 9.17) is 5.73 Å². The van der Waals surface area contributed by atoms with Gasteiger partial charge >= 0.3 is 0 Å². The number of anilines is 2. The number of hydrogen-bond acceptors (Lipinski definition) is 4. The van der Waals surface area contributed by atoms with Crippen molar-refractivity contribution >= 4 is 22.9 Å². The van der Waals surface area contributed by atoms with Crippen LogP contribution in [-0.4, -0.2) is 50.3 Å². The molecule has 1 aromatic rings. The van der Waals surface area contributed by atoms with Crippen molar-refractivity contribution in [2.24, 2.45) is 0 Å². The predicted molar refractivity (Wildman–Crippen MR) is 112 cm³/mol. The zero-order valence-corrected chi connectivity index (χ0v) is 17.0. The molecule has 1 aromatic carbocycles. The van der Waals surface area contributed by atoms with E-state index in [-0.39, 0.29) is 24.4 Å². The van der Waals surface area contributed by atoms with Gasteiger partial charge in [0.05, 0.1) is 38.8 Å². The number of fused-ring (bicyclic) bond motifs is 1. The Labute approximate surface area is 162 Å². The first kappa shape index (κ1) is 20.9. The number of carbonyl (C=O) groups excluding carboxylic acids is 2. The number of quaternary nitrogens is 1. The predicted octanol–water partition coefficient (Wildman–Crippen LogP) is 3.61. The highest BCUT2D eigenvalue weighted by Crippen LogP contribution is 2.32. The zero-order chi connectivity index (χ0) is 20.0. The highest BCUT2D eigenvalue weighted by Gasteiger charge is 2.25. The Hall–Kier alpha value is -2.40. The van der Waals surface area contributed by atoms with Crippen molar-refractivity contribution in [2.75, 3.05) is 45.3 Å². The van der Waals surface area contributed by atoms with Crippen LogP contribution in [0.2, 0.25) is 0 Å². The standard InChI is InChI=1S/C22H31N3O2/c1-5-16-15-17(24-13-10-14-25(2,3)4)20-18(26)11-8-6-7-9-12-19(27)21(20)22(16)23/h6-9,15H,5,10-14H2,1-4H3,(H2-,23,24,26,27)/p+1/b8-6-,9-7-. The topological polar surface area (TPSA) is 72.2 Å². The number of rotatable bonds is 6. The van der Waals surface area contributed by atoms with E-state index in [9.17, 15) is 9.59 Å². The maximum atomic E-state index is 12.9. The molecule has 0 heterocycles. The molecule has 0 radical (unpaired) electrons. The van der Waals surface area contributed by atoms with Gasteiger partial charge in [-0.05, 0) is 18.1 Å². The largest absolute Gasteiger partial charge is 0.398 e. The number of Topliss-reactive ketones (excluding diaryl/α,β-unsaturated/α-hetero) is 2. The fourth-order valence-corrected chi connectivity index (χ4v) is 3.25. The van der Waals surface area contributed by atoms with E-state index in [1.807, 2.05) is 31.2 Å². The van der Waals surface area contributed by atoms with Crippen LogP contribution in [-0.2, 0) is 6.42 Å². The molecule has 1 aliphatic rings. The molecule has 0 saturated carbocycles. The second kappa shape index (κ2) is 9.00. The Bertz CT molecular complexity index is 771. The van der Waals surface area contributed by atoms with Crippen LogP contribution >= 0.6 is 0 Å². The summed E-state index contributed by atoms with van der Waals surface area (Å²) in [6, 6.07) is 1.94. The first-order valence-corrected chi connectivity index (χ1v) is 9.62. The van der Waals surface area contributed by atoms with Gasteiger partial charge in [-0.3, -0.25) is 9.59 Å². The summed E-state index contributed by atoms with van der Waals surface area (Å²) in [4.78, 5) is 25.7. The van der Waals surface area contributed by atoms with Gasteiger partial charge in [0.2, 0.25) is 0 Å². The molecular weight excluding hydrogens is 338 g/mol. The summed E-state index contributed by atoms with van der Waals surface area (Å²) in [5, 5.41) is 3.40. The van der Waals surface area contributed by atoms with Gasteiger partial charge in [-0.1, -0.05) is 31.2 Å². The number of ketones is 2. The lowest BCUT2D eigenvalue weighted by atomic mass is 9.89. The van der Waals surface area contributed by atoms with Gasteiger partial charge in [-0.2, -0.15) is 0 Å². The third-order valence-electron chi connectivity index (χ3n) is 4.70. The summed E-state index contributed by atoms with van der Waals surface area (Å²) in [6.07, 6.45) is 9.42. The van der Waals surface area contributed by atoms with E-state index in [1.54, 1.807) is 6.08 Å². The zero-order valence-electron chi connectivity index (χ0n) is 17.0. The van der Waals surface area contributed by atoms with Crippen molar-refractivity contribution in [1.29, 1.82) is 0 Å². The maximum absolute atomic E-state index is 12.9. The van der Waals surface area contributed by atoms with E-state index in [0.29, 0.717) is 23.2 Å². The Kier molecular flexibility index (Phi) is 6.97. The molecule has 5 nitrogen and oxygen atoms in total. The lowest BCUT2D eigenvalue weighted by Crippen LogP contribution is -2.36. The molecular formula is C22H32N3O2+. The van der Waals surface area contributed by atoms with Gasteiger partial charge in [-0.15, -0.1) is 0 Å². The Morgan fingerprint density at radius 2 is 1.63 bits per heavy atom. The van der Waals surface area contributed by atoms with E-state index in [0.717, 1.165) is 35.2 Å². The average Bonchev–Trinajstić information content (AvgIpc) is 2.60. The molecule has 0 aromatic heterocycles. The molecule has 27 heavy (non-hydrogen) atoms. The van der Waals surface area contributed by atoms with Crippen LogP contribution in [0.15, 0.2) is 30.4 Å². The highest BCUT2D eigenvalue weighted by molar-refractivity contribution is 6.16. The van der Waals surface area contributed by atoms with Crippen molar-refractivity contribution in [1.82, 2.24) is 0 Å². The number of benzene rings is 1. The minimum Gasteiger partial charge on any atom is -0.398 e. The first-order chi connectivity index (χ1) is 12.7. The molecule has 5 heteroatoms. The summed E-state index contributed by atoms with van der Waals surface area (Å²) < 4.78 is 0.885. The van der Waals surface area contributed by atoms with Crippen LogP contribution in [0.5, 0.6) is 0 Å². The van der Waals surface area contributed by atoms with E-state index in [1.165, 1.54) is 0 Å². The normalized spacial score (nSPS) is 17.3. The molecule has 0 unspecified atom stereocenters. The third kappa shape index (κ3) is 5.54. The van der Waals surface area contributed by atoms with Crippen molar-refractivity contribution in [2.45, 2.75) is 32.6 Å². The summed E-state index contributed by atoms with van der Waals surface area (Å²) in [5.74, 6) is -0.180. The van der Waals surface area contributed by atoms with Gasteiger partial charge in [0.1, 0.15) is 0 Å². The van der Waals surface area contributed by atoms with Gasteiger partial charge in [0.25, 0.3) is 0 Å². The third-order valence-corrected chi connectivity index (χ3v) is 4.70. The summed E-state index contributed by atoms with van der Waals surface area (Å²) >= 11 is 0. The molecule has 0 aliphatic heterocycles. The molecule has 1 aliphatic carbocycles. The number of nitrogens with two attached hydrogens (primary N) is 1. The monoisotopic (exact) mass is 370 g/mol. The fraction of sp³-hybridized carbons (Fsp3) is 0.455. The summed E-state index contributed by atoms with van der Waals surface area (Å²) in [6.45, 7) is 3.77. The van der Waals surface area contributed by atoms with E-state index < -0.39 is 0 Å². The van der Waals surface area contributed by atoms with E-state index >= 15 is 0 Å². The van der Waals surface area contributed by atoms with Crippen LogP contribution in [0, 0.1) is 0 Å². The van der Waals surface area contributed by atoms with Gasteiger partial charge in [0.15, 0.2) is 11.6 Å². The number of carbonyl (C=O) groups is 2. The molecule has 0 atom stereocenters. The number of aryl methyl sites for hydroxylation is 1. The number of nitrogen functional groups attached to an aromatic ring is 1. The van der Waals surface area contributed by atoms with Gasteiger partial charge < -0.3 is 15.5 Å². The molecule has 146 valence electrons. The fourth-order valence-electron chi connectivity index (χ4n) is 3.25. The molecule has 0 amide bonds. The SMILES string of the molecule is CCc1cc(NCCC[N+](C)(C)C)c2c(c1N)C(=O)C/C=C\C=C/CC2=O. The molecule has 0 bridgehead atoms. The van der Waals surface area contributed by atoms with Gasteiger partial charge in [-0.25, -0.2) is 0 Å². The van der Waals surface area contributed by atoms with Crippen LogP contribution in [0.3, 0.4) is 0 Å². The van der Waals surface area contributed by atoms with Crippen LogP contribution < -0.4 is 11.1 Å². The molecule has 3 N–H and O–H groups in total. The minimum atomic E-state index is -0.105. The first-order valence-electron chi connectivity index (χ1n) is 9.62. The second-order valence-corrected chi connectivity index (χ2v) is 8.01. The summed E-state index contributed by atoms with van der Waals surface area (Å²) in [7, 11) is 6.47. The Morgan fingerprint density at radius 3 is 2.19 bits per heavy atom. The Balaban J connectivity index is 2.45. The maximum Gasteiger partial charge on any atom is 0.169 e. The van der Waals surface area contributed by atoms with Crippen molar-refractivity contribution in [3.05, 3.63) is 47.1 Å². The van der Waals surface area contributed by atoms with E-state index in [2.05, 4.69) is 26.5 Å². The van der Waals surface area contributed by atoms with Crippen LogP contribution in [0.4, 0.5) is 11.4 Å². The Morgan fingerprint density at radius 1 is 1.04 bits per heavy atom. The van der Waals surface area contributed by atoms with Crippen molar-refractivity contribution < 1.29 is 14.1 Å². The number of nitrogens with one attached hydrogen (secondary N) is 1. The van der Waals surface area contributed by atoms with Crippen LogP contribution in [0.1, 0.15) is 52.5 Å². The van der Waals surface area contributed by atoms with Crippen LogP contribution in [0.25, 0.3) is 0 Å². The molecule has 2 rings (SSSR count). The smallest absolute Gasteiger partial charge is 0.169 e. The lowest BCUT2D eigenvalue weighted by Gasteiger charge is -2.24. The molecule has 0 spiro atoms.